The Hall–Kier alpha value is -2.01. The van der Waals surface area contributed by atoms with Gasteiger partial charge in [0.25, 0.3) is 0 Å². The number of hydrogen-bond acceptors (Lipinski definition) is 5. The van der Waals surface area contributed by atoms with E-state index in [4.69, 9.17) is 13.9 Å². The molecule has 2 aromatic rings. The van der Waals surface area contributed by atoms with E-state index in [9.17, 15) is 0 Å². The van der Waals surface area contributed by atoms with Crippen molar-refractivity contribution in [2.75, 3.05) is 20.8 Å². The quantitative estimate of drug-likeness (QED) is 0.842. The van der Waals surface area contributed by atoms with Crippen molar-refractivity contribution >= 4 is 0 Å². The van der Waals surface area contributed by atoms with Gasteiger partial charge in [0.2, 0.25) is 5.89 Å². The lowest BCUT2D eigenvalue weighted by Crippen LogP contribution is -2.23. The van der Waals surface area contributed by atoms with Crippen molar-refractivity contribution in [1.82, 2.24) is 9.88 Å². The predicted molar refractivity (Wildman–Crippen MR) is 87.9 cm³/mol. The van der Waals surface area contributed by atoms with Crippen LogP contribution in [0.15, 0.2) is 22.6 Å². The van der Waals surface area contributed by atoms with Crippen molar-refractivity contribution in [1.29, 1.82) is 0 Å². The highest BCUT2D eigenvalue weighted by molar-refractivity contribution is 5.42. The molecule has 1 saturated heterocycles. The number of oxazole rings is 1. The van der Waals surface area contributed by atoms with Crippen LogP contribution in [0.5, 0.6) is 11.5 Å². The van der Waals surface area contributed by atoms with E-state index < -0.39 is 0 Å². The molecule has 2 heterocycles. The molecular weight excluding hydrogens is 292 g/mol. The number of benzene rings is 1. The zero-order chi connectivity index (χ0) is 16.4. The van der Waals surface area contributed by atoms with Crippen molar-refractivity contribution in [3.8, 4) is 11.5 Å². The second kappa shape index (κ2) is 6.62. The van der Waals surface area contributed by atoms with Crippen LogP contribution >= 0.6 is 0 Å². The lowest BCUT2D eigenvalue weighted by molar-refractivity contribution is 0.218. The molecule has 3 rings (SSSR count). The number of aryl methyl sites for hydroxylation is 2. The van der Waals surface area contributed by atoms with E-state index in [-0.39, 0.29) is 0 Å². The van der Waals surface area contributed by atoms with Gasteiger partial charge >= 0.3 is 0 Å². The van der Waals surface area contributed by atoms with E-state index in [1.165, 1.54) is 12.0 Å². The van der Waals surface area contributed by atoms with E-state index in [2.05, 4.69) is 16.0 Å². The lowest BCUT2D eigenvalue weighted by atomic mass is 10.0. The molecule has 5 nitrogen and oxygen atoms in total. The molecule has 0 amide bonds. The van der Waals surface area contributed by atoms with Crippen LogP contribution in [0.2, 0.25) is 0 Å². The summed E-state index contributed by atoms with van der Waals surface area (Å²) >= 11 is 0. The summed E-state index contributed by atoms with van der Waals surface area (Å²) in [6, 6.07) is 6.37. The summed E-state index contributed by atoms with van der Waals surface area (Å²) in [5.41, 5.74) is 2.17. The first-order chi connectivity index (χ1) is 11.1. The molecule has 0 bridgehead atoms. The Bertz CT molecular complexity index is 661. The van der Waals surface area contributed by atoms with Gasteiger partial charge in [-0.1, -0.05) is 6.07 Å². The maximum atomic E-state index is 5.75. The molecule has 1 aliphatic rings. The largest absolute Gasteiger partial charge is 0.497 e. The molecule has 0 spiro atoms. The zero-order valence-electron chi connectivity index (χ0n) is 14.3. The number of ether oxygens (including phenoxy) is 2. The van der Waals surface area contributed by atoms with Crippen LogP contribution in [0.3, 0.4) is 0 Å². The van der Waals surface area contributed by atoms with Crippen LogP contribution in [0, 0.1) is 13.8 Å². The number of nitrogens with zero attached hydrogens (tertiary/aromatic N) is 2. The van der Waals surface area contributed by atoms with Gasteiger partial charge in [-0.05, 0) is 39.3 Å². The van der Waals surface area contributed by atoms with Crippen LogP contribution in [0.1, 0.15) is 41.8 Å². The SMILES string of the molecule is COc1ccc([C@H]2CCCN2Cc2nc(C)c(C)o2)c(OC)c1. The zero-order valence-corrected chi connectivity index (χ0v) is 14.3. The van der Waals surface area contributed by atoms with Crippen LogP contribution in [0.4, 0.5) is 0 Å². The Kier molecular flexibility index (Phi) is 4.57. The van der Waals surface area contributed by atoms with E-state index in [1.54, 1.807) is 14.2 Å². The number of hydrogen-bond donors (Lipinski definition) is 0. The molecule has 0 radical (unpaired) electrons. The van der Waals surface area contributed by atoms with Gasteiger partial charge < -0.3 is 13.9 Å². The molecule has 1 fully saturated rings. The smallest absolute Gasteiger partial charge is 0.208 e. The average Bonchev–Trinajstić information content (AvgIpc) is 3.13. The second-order valence-electron chi connectivity index (χ2n) is 5.99. The molecular formula is C18H24N2O3. The molecule has 124 valence electrons. The molecule has 0 N–H and O–H groups in total. The Labute approximate surface area is 137 Å². The summed E-state index contributed by atoms with van der Waals surface area (Å²) < 4.78 is 16.6. The molecule has 1 aliphatic heterocycles. The van der Waals surface area contributed by atoms with Gasteiger partial charge in [0.15, 0.2) is 0 Å². The minimum atomic E-state index is 0.323. The number of rotatable bonds is 5. The van der Waals surface area contributed by atoms with Crippen LogP contribution in [-0.2, 0) is 6.54 Å². The van der Waals surface area contributed by atoms with E-state index in [0.29, 0.717) is 6.04 Å². The summed E-state index contributed by atoms with van der Waals surface area (Å²) in [7, 11) is 3.38. The molecule has 0 unspecified atom stereocenters. The lowest BCUT2D eigenvalue weighted by Gasteiger charge is -2.25. The fraction of sp³-hybridized carbons (Fsp3) is 0.500. The summed E-state index contributed by atoms with van der Waals surface area (Å²) in [5.74, 6) is 3.38. The Morgan fingerprint density at radius 3 is 2.74 bits per heavy atom. The van der Waals surface area contributed by atoms with Crippen LogP contribution in [-0.4, -0.2) is 30.6 Å². The normalized spacial score (nSPS) is 18.3. The van der Waals surface area contributed by atoms with Gasteiger partial charge in [-0.2, -0.15) is 0 Å². The highest BCUT2D eigenvalue weighted by Gasteiger charge is 2.29. The summed E-state index contributed by atoms with van der Waals surface area (Å²) in [4.78, 5) is 6.92. The third-order valence-corrected chi connectivity index (χ3v) is 4.57. The topological polar surface area (TPSA) is 47.7 Å². The fourth-order valence-corrected chi connectivity index (χ4v) is 3.24. The van der Waals surface area contributed by atoms with Crippen molar-refractivity contribution in [2.24, 2.45) is 0 Å². The molecule has 23 heavy (non-hydrogen) atoms. The highest BCUT2D eigenvalue weighted by atomic mass is 16.5. The molecule has 5 heteroatoms. The van der Waals surface area contributed by atoms with Gasteiger partial charge in [0, 0.05) is 17.7 Å². The second-order valence-corrected chi connectivity index (χ2v) is 5.99. The monoisotopic (exact) mass is 316 g/mol. The summed E-state index contributed by atoms with van der Waals surface area (Å²) in [6.07, 6.45) is 2.28. The summed E-state index contributed by atoms with van der Waals surface area (Å²) in [6.45, 7) is 5.71. The minimum absolute atomic E-state index is 0.323. The van der Waals surface area contributed by atoms with Crippen LogP contribution < -0.4 is 9.47 Å². The summed E-state index contributed by atoms with van der Waals surface area (Å²) in [5, 5.41) is 0. The van der Waals surface area contributed by atoms with E-state index >= 15 is 0 Å². The minimum Gasteiger partial charge on any atom is -0.497 e. The Balaban J connectivity index is 1.83. The van der Waals surface area contributed by atoms with Crippen molar-refractivity contribution in [2.45, 2.75) is 39.3 Å². The number of aromatic nitrogens is 1. The van der Waals surface area contributed by atoms with Crippen LogP contribution in [0.25, 0.3) is 0 Å². The van der Waals surface area contributed by atoms with Gasteiger partial charge in [0.1, 0.15) is 17.3 Å². The number of methoxy groups -OCH3 is 2. The van der Waals surface area contributed by atoms with E-state index in [1.807, 2.05) is 26.0 Å². The Morgan fingerprint density at radius 1 is 1.26 bits per heavy atom. The fourth-order valence-electron chi connectivity index (χ4n) is 3.24. The Morgan fingerprint density at radius 2 is 2.09 bits per heavy atom. The van der Waals surface area contributed by atoms with Gasteiger partial charge in [-0.3, -0.25) is 4.90 Å². The maximum absolute atomic E-state index is 5.75. The van der Waals surface area contributed by atoms with Crippen molar-refractivity contribution < 1.29 is 13.9 Å². The standard InChI is InChI=1S/C18H24N2O3/c1-12-13(2)23-18(19-12)11-20-9-5-6-16(20)15-8-7-14(21-3)10-17(15)22-4/h7-8,10,16H,5-6,9,11H2,1-4H3/t16-/m1/s1. The average molecular weight is 316 g/mol. The highest BCUT2D eigenvalue weighted by Crippen LogP contribution is 2.39. The maximum Gasteiger partial charge on any atom is 0.208 e. The molecule has 1 atom stereocenters. The molecule has 0 aliphatic carbocycles. The van der Waals surface area contributed by atoms with Crippen molar-refractivity contribution in [3.05, 3.63) is 41.1 Å². The third kappa shape index (κ3) is 3.20. The van der Waals surface area contributed by atoms with Crippen molar-refractivity contribution in [3.63, 3.8) is 0 Å². The van der Waals surface area contributed by atoms with Gasteiger partial charge in [-0.15, -0.1) is 0 Å². The third-order valence-electron chi connectivity index (χ3n) is 4.57. The molecule has 0 saturated carbocycles. The molecule has 1 aromatic heterocycles. The van der Waals surface area contributed by atoms with Gasteiger partial charge in [0.05, 0.1) is 26.5 Å². The van der Waals surface area contributed by atoms with Gasteiger partial charge in [-0.25, -0.2) is 4.98 Å². The first-order valence-electron chi connectivity index (χ1n) is 8.01. The first-order valence-corrected chi connectivity index (χ1v) is 8.01. The number of likely N-dealkylation sites (tertiary alicyclic amines) is 1. The first kappa shape index (κ1) is 15.9. The van der Waals surface area contributed by atoms with E-state index in [0.717, 1.165) is 48.4 Å². The molecule has 1 aromatic carbocycles. The predicted octanol–water partition coefficient (Wildman–Crippen LogP) is 3.65.